The molecule has 0 unspecified atom stereocenters. The zero-order valence-electron chi connectivity index (χ0n) is 11.3. The molecule has 1 amide bonds. The Labute approximate surface area is 125 Å². The highest BCUT2D eigenvalue weighted by molar-refractivity contribution is 8.18. The first-order valence-electron chi connectivity index (χ1n) is 6.19. The van der Waals surface area contributed by atoms with E-state index in [0.717, 1.165) is 17.3 Å². The quantitative estimate of drug-likeness (QED) is 0.827. The fourth-order valence-corrected chi connectivity index (χ4v) is 2.44. The van der Waals surface area contributed by atoms with E-state index in [9.17, 15) is 14.7 Å². The molecule has 2 N–H and O–H groups in total. The van der Waals surface area contributed by atoms with Crippen molar-refractivity contribution in [2.75, 3.05) is 13.7 Å². The molecule has 7 heteroatoms. The van der Waals surface area contributed by atoms with Crippen molar-refractivity contribution in [2.45, 2.75) is 6.42 Å². The molecule has 2 rings (SSSR count). The van der Waals surface area contributed by atoms with Gasteiger partial charge in [0.1, 0.15) is 10.7 Å². The molecule has 6 nitrogen and oxygen atoms in total. The smallest absolute Gasteiger partial charge is 0.342 e. The topological polar surface area (TPSA) is 88.0 Å². The highest BCUT2D eigenvalue weighted by Gasteiger charge is 2.17. The van der Waals surface area contributed by atoms with Crippen LogP contribution in [0, 0.1) is 0 Å². The van der Waals surface area contributed by atoms with E-state index in [1.165, 1.54) is 6.08 Å². The molecule has 0 saturated heterocycles. The van der Waals surface area contributed by atoms with Crippen molar-refractivity contribution in [2.24, 2.45) is 4.99 Å². The van der Waals surface area contributed by atoms with E-state index in [0.29, 0.717) is 23.9 Å². The lowest BCUT2D eigenvalue weighted by Gasteiger charge is -2.12. The number of benzene rings is 1. The van der Waals surface area contributed by atoms with Crippen molar-refractivity contribution >= 4 is 34.9 Å². The van der Waals surface area contributed by atoms with E-state index >= 15 is 0 Å². The first kappa shape index (κ1) is 15.1. The van der Waals surface area contributed by atoms with Gasteiger partial charge < -0.3 is 15.2 Å². The minimum Gasteiger partial charge on any atom is -0.497 e. The van der Waals surface area contributed by atoms with Crippen LogP contribution in [0.4, 0.5) is 0 Å². The third kappa shape index (κ3) is 4.35. The number of hydrogen-bond donors (Lipinski definition) is 2. The highest BCUT2D eigenvalue weighted by Crippen LogP contribution is 2.22. The Morgan fingerprint density at radius 1 is 1.43 bits per heavy atom. The Kier molecular flexibility index (Phi) is 4.99. The molecular formula is C14H14N2O4S. The number of amides is 1. The third-order valence-corrected chi connectivity index (χ3v) is 3.61. The number of methoxy groups -OCH3 is 1. The number of carbonyl (C=O) groups excluding carboxylic acids is 1. The molecule has 0 aromatic heterocycles. The highest BCUT2D eigenvalue weighted by atomic mass is 32.2. The van der Waals surface area contributed by atoms with Crippen molar-refractivity contribution in [3.63, 3.8) is 0 Å². The molecule has 1 heterocycles. The van der Waals surface area contributed by atoms with E-state index in [4.69, 9.17) is 4.74 Å². The number of aliphatic imine (C=N–C) groups is 1. The van der Waals surface area contributed by atoms with Crippen LogP contribution in [0.1, 0.15) is 12.0 Å². The van der Waals surface area contributed by atoms with Crippen LogP contribution in [0.2, 0.25) is 0 Å². The Morgan fingerprint density at radius 2 is 2.14 bits per heavy atom. The molecule has 0 radical (unpaired) electrons. The second-order valence-corrected chi connectivity index (χ2v) is 5.20. The van der Waals surface area contributed by atoms with Gasteiger partial charge in [0.05, 0.1) is 13.7 Å². The van der Waals surface area contributed by atoms with Gasteiger partial charge in [-0.3, -0.25) is 9.79 Å². The fraction of sp³-hybridized carbons (Fsp3) is 0.214. The molecular weight excluding hydrogens is 292 g/mol. The SMILES string of the molecule is COc1ccc(C=C(SC2=NCCC(=O)N2)C(=O)O)cc1. The molecule has 0 spiro atoms. The molecule has 1 aliphatic rings. The average Bonchev–Trinajstić information content (AvgIpc) is 2.47. The minimum absolute atomic E-state index is 0.0844. The summed E-state index contributed by atoms with van der Waals surface area (Å²) in [5.41, 5.74) is 0.725. The summed E-state index contributed by atoms with van der Waals surface area (Å²) in [5, 5.41) is 12.1. The maximum absolute atomic E-state index is 11.3. The molecule has 110 valence electrons. The number of carboxylic acid groups (broad SMARTS) is 1. The number of rotatable bonds is 4. The largest absolute Gasteiger partial charge is 0.497 e. The summed E-state index contributed by atoms with van der Waals surface area (Å²) in [6, 6.07) is 7.00. The molecule has 0 fully saturated rings. The summed E-state index contributed by atoms with van der Waals surface area (Å²) in [6.07, 6.45) is 1.85. The molecule has 1 aliphatic heterocycles. The number of ether oxygens (including phenoxy) is 1. The zero-order chi connectivity index (χ0) is 15.2. The van der Waals surface area contributed by atoms with Gasteiger partial charge in [0, 0.05) is 6.42 Å². The predicted molar refractivity (Wildman–Crippen MR) is 81.3 cm³/mol. The van der Waals surface area contributed by atoms with E-state index < -0.39 is 5.97 Å². The number of hydrogen-bond acceptors (Lipinski definition) is 5. The van der Waals surface area contributed by atoms with Gasteiger partial charge in [0.15, 0.2) is 5.17 Å². The lowest BCUT2D eigenvalue weighted by atomic mass is 10.2. The summed E-state index contributed by atoms with van der Waals surface area (Å²) in [4.78, 5) is 26.7. The van der Waals surface area contributed by atoms with Crippen LogP contribution in [-0.4, -0.2) is 35.8 Å². The van der Waals surface area contributed by atoms with Gasteiger partial charge in [-0.2, -0.15) is 0 Å². The summed E-state index contributed by atoms with van der Waals surface area (Å²) in [6.45, 7) is 0.379. The molecule has 21 heavy (non-hydrogen) atoms. The molecule has 0 aliphatic carbocycles. The third-order valence-electron chi connectivity index (χ3n) is 2.67. The van der Waals surface area contributed by atoms with Gasteiger partial charge >= 0.3 is 5.97 Å². The summed E-state index contributed by atoms with van der Waals surface area (Å²) in [7, 11) is 1.56. The van der Waals surface area contributed by atoms with Crippen LogP contribution in [0.25, 0.3) is 6.08 Å². The molecule has 0 saturated carbocycles. The lowest BCUT2D eigenvalue weighted by Crippen LogP contribution is -2.33. The number of thioether (sulfide) groups is 1. The van der Waals surface area contributed by atoms with Crippen LogP contribution in [-0.2, 0) is 9.59 Å². The average molecular weight is 306 g/mol. The van der Waals surface area contributed by atoms with Gasteiger partial charge in [0.2, 0.25) is 5.91 Å². The van der Waals surface area contributed by atoms with E-state index in [-0.39, 0.29) is 10.8 Å². The van der Waals surface area contributed by atoms with Gasteiger partial charge in [0.25, 0.3) is 0 Å². The maximum Gasteiger partial charge on any atom is 0.342 e. The van der Waals surface area contributed by atoms with Crippen LogP contribution < -0.4 is 10.1 Å². The van der Waals surface area contributed by atoms with Gasteiger partial charge in [-0.05, 0) is 35.5 Å². The Morgan fingerprint density at radius 3 is 2.71 bits per heavy atom. The minimum atomic E-state index is -1.07. The summed E-state index contributed by atoms with van der Waals surface area (Å²) >= 11 is 0.931. The molecule has 0 bridgehead atoms. The normalized spacial score (nSPS) is 15.2. The number of amidine groups is 1. The summed E-state index contributed by atoms with van der Waals surface area (Å²) in [5.74, 6) is -0.527. The lowest BCUT2D eigenvalue weighted by molar-refractivity contribution is -0.131. The van der Waals surface area contributed by atoms with E-state index in [1.54, 1.807) is 31.4 Å². The molecule has 0 atom stereocenters. The van der Waals surface area contributed by atoms with Gasteiger partial charge in [-0.1, -0.05) is 12.1 Å². The van der Waals surface area contributed by atoms with Gasteiger partial charge in [-0.15, -0.1) is 0 Å². The number of nitrogens with one attached hydrogen (secondary N) is 1. The maximum atomic E-state index is 11.3. The second kappa shape index (κ2) is 6.94. The number of aliphatic carboxylic acids is 1. The van der Waals surface area contributed by atoms with E-state index in [2.05, 4.69) is 10.3 Å². The number of carboxylic acids is 1. The zero-order valence-corrected chi connectivity index (χ0v) is 12.1. The number of carbonyl (C=O) groups is 2. The summed E-state index contributed by atoms with van der Waals surface area (Å²) < 4.78 is 5.05. The van der Waals surface area contributed by atoms with Crippen molar-refractivity contribution in [1.29, 1.82) is 0 Å². The Balaban J connectivity index is 2.17. The van der Waals surface area contributed by atoms with Crippen molar-refractivity contribution in [3.05, 3.63) is 34.7 Å². The first-order valence-corrected chi connectivity index (χ1v) is 7.01. The van der Waals surface area contributed by atoms with Gasteiger partial charge in [-0.25, -0.2) is 4.79 Å². The first-order chi connectivity index (χ1) is 10.1. The fourth-order valence-electron chi connectivity index (χ4n) is 1.63. The monoisotopic (exact) mass is 306 g/mol. The van der Waals surface area contributed by atoms with Crippen LogP contribution >= 0.6 is 11.8 Å². The van der Waals surface area contributed by atoms with Crippen LogP contribution in [0.5, 0.6) is 5.75 Å². The Hall–Kier alpha value is -2.28. The van der Waals surface area contributed by atoms with E-state index in [1.807, 2.05) is 0 Å². The van der Waals surface area contributed by atoms with Crippen LogP contribution in [0.3, 0.4) is 0 Å². The van der Waals surface area contributed by atoms with Crippen molar-refractivity contribution < 1.29 is 19.4 Å². The molecule has 1 aromatic carbocycles. The second-order valence-electron chi connectivity index (χ2n) is 4.17. The predicted octanol–water partition coefficient (Wildman–Crippen LogP) is 1.73. The Bertz CT molecular complexity index is 608. The van der Waals surface area contributed by atoms with Crippen molar-refractivity contribution in [3.8, 4) is 5.75 Å². The van der Waals surface area contributed by atoms with Crippen LogP contribution in [0.15, 0.2) is 34.2 Å². The molecule has 1 aromatic rings. The number of nitrogens with zero attached hydrogens (tertiary/aromatic N) is 1. The standard InChI is InChI=1S/C14H14N2O4S/c1-20-10-4-2-9(3-5-10)8-11(13(18)19)21-14-15-7-6-12(17)16-14/h2-5,8H,6-7H2,1H3,(H,18,19)(H,15,16,17). The van der Waals surface area contributed by atoms with Crippen molar-refractivity contribution in [1.82, 2.24) is 5.32 Å².